The van der Waals surface area contributed by atoms with Crippen LogP contribution in [0, 0.1) is 12.8 Å². The van der Waals surface area contributed by atoms with E-state index in [9.17, 15) is 0 Å². The van der Waals surface area contributed by atoms with E-state index in [2.05, 4.69) is 27.8 Å². The van der Waals surface area contributed by atoms with Crippen LogP contribution in [-0.4, -0.2) is 35.3 Å². The van der Waals surface area contributed by atoms with Crippen molar-refractivity contribution in [2.24, 2.45) is 5.92 Å². The second kappa shape index (κ2) is 6.89. The molecule has 3 rings (SSSR count). The summed E-state index contributed by atoms with van der Waals surface area (Å²) in [6.45, 7) is 5.91. The number of ether oxygens (including phenoxy) is 2. The first-order valence-electron chi connectivity index (χ1n) is 7.56. The van der Waals surface area contributed by atoms with Gasteiger partial charge < -0.3 is 14.8 Å². The van der Waals surface area contributed by atoms with E-state index < -0.39 is 0 Å². The molecule has 0 aliphatic carbocycles. The van der Waals surface area contributed by atoms with Crippen molar-refractivity contribution in [1.29, 1.82) is 0 Å². The maximum absolute atomic E-state index is 5.75. The quantitative estimate of drug-likeness (QED) is 0.907. The molecule has 0 fully saturated rings. The summed E-state index contributed by atoms with van der Waals surface area (Å²) >= 11 is 0. The minimum absolute atomic E-state index is 0.403. The normalized spacial score (nSPS) is 17.8. The summed E-state index contributed by atoms with van der Waals surface area (Å²) in [6.07, 6.45) is 0. The van der Waals surface area contributed by atoms with Gasteiger partial charge in [-0.3, -0.25) is 0 Å². The molecule has 1 atom stereocenters. The van der Waals surface area contributed by atoms with Crippen molar-refractivity contribution in [2.45, 2.75) is 26.6 Å². The first kappa shape index (κ1) is 15.0. The molecule has 1 N–H and O–H groups in total. The molecule has 118 valence electrons. The van der Waals surface area contributed by atoms with Gasteiger partial charge >= 0.3 is 0 Å². The SMILES string of the molecule is COc1ccc(CNC[C@H]2COCc3c(C)nnn3C2)cc1. The Kier molecular flexibility index (Phi) is 4.70. The fourth-order valence-corrected chi connectivity index (χ4v) is 2.65. The van der Waals surface area contributed by atoms with E-state index in [4.69, 9.17) is 9.47 Å². The van der Waals surface area contributed by atoms with Gasteiger partial charge in [0.25, 0.3) is 0 Å². The number of nitrogens with one attached hydrogen (secondary N) is 1. The lowest BCUT2D eigenvalue weighted by molar-refractivity contribution is 0.0936. The zero-order valence-electron chi connectivity index (χ0n) is 13.1. The molecule has 0 bridgehead atoms. The van der Waals surface area contributed by atoms with Crippen molar-refractivity contribution in [3.05, 3.63) is 41.2 Å². The molecule has 0 amide bonds. The first-order valence-corrected chi connectivity index (χ1v) is 7.56. The van der Waals surface area contributed by atoms with Gasteiger partial charge in [0.2, 0.25) is 0 Å². The fourth-order valence-electron chi connectivity index (χ4n) is 2.65. The summed E-state index contributed by atoms with van der Waals surface area (Å²) in [7, 11) is 1.68. The number of aryl methyl sites for hydroxylation is 1. The maximum atomic E-state index is 5.75. The van der Waals surface area contributed by atoms with Gasteiger partial charge in [0.1, 0.15) is 5.75 Å². The second-order valence-corrected chi connectivity index (χ2v) is 5.66. The number of methoxy groups -OCH3 is 1. The van der Waals surface area contributed by atoms with Gasteiger partial charge in [-0.1, -0.05) is 17.3 Å². The van der Waals surface area contributed by atoms with Crippen molar-refractivity contribution >= 4 is 0 Å². The number of benzene rings is 1. The van der Waals surface area contributed by atoms with Gasteiger partial charge in [0.15, 0.2) is 0 Å². The molecule has 0 unspecified atom stereocenters. The number of hydrogen-bond donors (Lipinski definition) is 1. The Hall–Kier alpha value is -1.92. The Labute approximate surface area is 130 Å². The molecule has 0 saturated carbocycles. The average Bonchev–Trinajstić information content (AvgIpc) is 2.76. The third-order valence-electron chi connectivity index (χ3n) is 3.98. The van der Waals surface area contributed by atoms with Crippen LogP contribution in [0.2, 0.25) is 0 Å². The highest BCUT2D eigenvalue weighted by Gasteiger charge is 2.19. The molecule has 0 saturated heterocycles. The molecule has 6 heteroatoms. The second-order valence-electron chi connectivity index (χ2n) is 5.66. The summed E-state index contributed by atoms with van der Waals surface area (Å²) < 4.78 is 12.9. The highest BCUT2D eigenvalue weighted by Crippen LogP contribution is 2.15. The van der Waals surface area contributed by atoms with E-state index in [-0.39, 0.29) is 0 Å². The minimum atomic E-state index is 0.403. The van der Waals surface area contributed by atoms with E-state index in [1.165, 1.54) is 5.56 Å². The van der Waals surface area contributed by atoms with Crippen molar-refractivity contribution in [3.8, 4) is 5.75 Å². The maximum Gasteiger partial charge on any atom is 0.118 e. The Morgan fingerprint density at radius 2 is 2.18 bits per heavy atom. The van der Waals surface area contributed by atoms with Crippen LogP contribution in [0.3, 0.4) is 0 Å². The largest absolute Gasteiger partial charge is 0.497 e. The van der Waals surface area contributed by atoms with Crippen LogP contribution in [0.5, 0.6) is 5.75 Å². The number of aromatic nitrogens is 3. The Balaban J connectivity index is 1.51. The first-order chi connectivity index (χ1) is 10.8. The number of nitrogens with zero attached hydrogens (tertiary/aromatic N) is 3. The van der Waals surface area contributed by atoms with E-state index in [1.54, 1.807) is 7.11 Å². The third kappa shape index (κ3) is 3.45. The molecular weight excluding hydrogens is 280 g/mol. The Morgan fingerprint density at radius 1 is 1.36 bits per heavy atom. The average molecular weight is 302 g/mol. The molecule has 6 nitrogen and oxygen atoms in total. The smallest absolute Gasteiger partial charge is 0.118 e. The fraction of sp³-hybridized carbons (Fsp3) is 0.500. The van der Waals surface area contributed by atoms with E-state index in [0.717, 1.165) is 43.4 Å². The Bertz CT molecular complexity index is 609. The van der Waals surface area contributed by atoms with E-state index in [1.807, 2.05) is 23.7 Å². The third-order valence-corrected chi connectivity index (χ3v) is 3.98. The van der Waals surface area contributed by atoms with E-state index >= 15 is 0 Å². The standard InChI is InChI=1S/C16H22N4O2/c1-12-16-11-22-10-14(9-20(16)19-18-12)8-17-7-13-3-5-15(21-2)6-4-13/h3-6,14,17H,7-11H2,1-2H3/t14-/m1/s1. The summed E-state index contributed by atoms with van der Waals surface area (Å²) in [6, 6.07) is 8.12. The van der Waals surface area contributed by atoms with Crippen molar-refractivity contribution in [3.63, 3.8) is 0 Å². The highest BCUT2D eigenvalue weighted by atomic mass is 16.5. The van der Waals surface area contributed by atoms with Crippen LogP contribution in [0.15, 0.2) is 24.3 Å². The lowest BCUT2D eigenvalue weighted by atomic mass is 10.1. The minimum Gasteiger partial charge on any atom is -0.497 e. The molecule has 2 aromatic rings. The lowest BCUT2D eigenvalue weighted by Gasteiger charge is -2.15. The van der Waals surface area contributed by atoms with Gasteiger partial charge in [-0.25, -0.2) is 4.68 Å². The van der Waals surface area contributed by atoms with Crippen LogP contribution in [0.1, 0.15) is 17.0 Å². The molecule has 1 aromatic heterocycles. The van der Waals surface area contributed by atoms with Crippen LogP contribution >= 0.6 is 0 Å². The predicted molar refractivity (Wildman–Crippen MR) is 82.6 cm³/mol. The van der Waals surface area contributed by atoms with Crippen molar-refractivity contribution in [2.75, 3.05) is 20.3 Å². The molecular formula is C16H22N4O2. The van der Waals surface area contributed by atoms with Crippen LogP contribution in [-0.2, 0) is 24.4 Å². The molecule has 0 spiro atoms. The molecule has 2 heterocycles. The van der Waals surface area contributed by atoms with Crippen LogP contribution in [0.4, 0.5) is 0 Å². The number of fused-ring (bicyclic) bond motifs is 1. The molecule has 22 heavy (non-hydrogen) atoms. The van der Waals surface area contributed by atoms with Crippen LogP contribution in [0.25, 0.3) is 0 Å². The van der Waals surface area contributed by atoms with Gasteiger partial charge in [0, 0.05) is 25.6 Å². The lowest BCUT2D eigenvalue weighted by Crippen LogP contribution is -2.28. The van der Waals surface area contributed by atoms with Gasteiger partial charge in [-0.15, -0.1) is 5.10 Å². The molecule has 1 aliphatic heterocycles. The molecule has 1 aliphatic rings. The van der Waals surface area contributed by atoms with E-state index in [0.29, 0.717) is 12.5 Å². The van der Waals surface area contributed by atoms with Gasteiger partial charge in [-0.2, -0.15) is 0 Å². The van der Waals surface area contributed by atoms with Crippen molar-refractivity contribution < 1.29 is 9.47 Å². The molecule has 1 aromatic carbocycles. The predicted octanol–water partition coefficient (Wildman–Crippen LogP) is 1.53. The highest BCUT2D eigenvalue weighted by molar-refractivity contribution is 5.26. The summed E-state index contributed by atoms with van der Waals surface area (Å²) in [4.78, 5) is 0. The monoisotopic (exact) mass is 302 g/mol. The molecule has 0 radical (unpaired) electrons. The number of rotatable bonds is 5. The van der Waals surface area contributed by atoms with Crippen LogP contribution < -0.4 is 10.1 Å². The van der Waals surface area contributed by atoms with Gasteiger partial charge in [-0.05, 0) is 24.6 Å². The summed E-state index contributed by atoms with van der Waals surface area (Å²) in [5.41, 5.74) is 3.30. The number of hydrogen-bond acceptors (Lipinski definition) is 5. The summed E-state index contributed by atoms with van der Waals surface area (Å²) in [5.74, 6) is 1.29. The topological polar surface area (TPSA) is 61.2 Å². The zero-order valence-corrected chi connectivity index (χ0v) is 13.1. The van der Waals surface area contributed by atoms with Crippen molar-refractivity contribution in [1.82, 2.24) is 20.3 Å². The summed E-state index contributed by atoms with van der Waals surface area (Å²) in [5, 5.41) is 11.8. The van der Waals surface area contributed by atoms with Gasteiger partial charge in [0.05, 0.1) is 31.7 Å². The zero-order chi connectivity index (χ0) is 15.4. The Morgan fingerprint density at radius 3 is 2.95 bits per heavy atom.